The zero-order valence-electron chi connectivity index (χ0n) is 11.9. The van der Waals surface area contributed by atoms with Crippen molar-refractivity contribution in [2.45, 2.75) is 20.3 Å². The number of rotatable bonds is 5. The van der Waals surface area contributed by atoms with Gasteiger partial charge in [0.25, 0.3) is 0 Å². The number of esters is 1. The van der Waals surface area contributed by atoms with Gasteiger partial charge < -0.3 is 9.84 Å². The molecule has 0 unspecified atom stereocenters. The van der Waals surface area contributed by atoms with E-state index in [1.165, 1.54) is 6.20 Å². The second-order valence-electron chi connectivity index (χ2n) is 4.34. The molecule has 0 atom stereocenters. The molecule has 0 saturated heterocycles. The number of hydrogen-bond donors (Lipinski definition) is 1. The van der Waals surface area contributed by atoms with Crippen LogP contribution in [-0.4, -0.2) is 33.4 Å². The smallest absolute Gasteiger partial charge is 0.339 e. The third-order valence-corrected chi connectivity index (χ3v) is 3.06. The molecule has 1 N–H and O–H groups in total. The van der Waals surface area contributed by atoms with Crippen LogP contribution < -0.4 is 0 Å². The van der Waals surface area contributed by atoms with Crippen LogP contribution in [0.3, 0.4) is 0 Å². The molecule has 0 fully saturated rings. The fraction of sp³-hybridized carbons (Fsp3) is 0.267. The SMILES string of the molecule is CCOC(=O)c1ccc(-n2ncc(C(=O)O)c2CC)cc1. The van der Waals surface area contributed by atoms with Crippen molar-refractivity contribution in [3.05, 3.63) is 47.3 Å². The Balaban J connectivity index is 2.35. The average Bonchev–Trinajstić information content (AvgIpc) is 2.91. The zero-order chi connectivity index (χ0) is 15.4. The second kappa shape index (κ2) is 6.21. The van der Waals surface area contributed by atoms with Crippen LogP contribution in [0.2, 0.25) is 0 Å². The van der Waals surface area contributed by atoms with Crippen LogP contribution in [0, 0.1) is 0 Å². The maximum atomic E-state index is 11.6. The molecular formula is C15H16N2O4. The lowest BCUT2D eigenvalue weighted by atomic mass is 10.2. The van der Waals surface area contributed by atoms with E-state index in [-0.39, 0.29) is 11.5 Å². The molecular weight excluding hydrogens is 272 g/mol. The first kappa shape index (κ1) is 14.8. The van der Waals surface area contributed by atoms with Crippen molar-refractivity contribution in [2.75, 3.05) is 6.61 Å². The molecule has 110 valence electrons. The van der Waals surface area contributed by atoms with Crippen molar-refractivity contribution >= 4 is 11.9 Å². The molecule has 2 rings (SSSR count). The van der Waals surface area contributed by atoms with E-state index in [1.807, 2.05) is 6.92 Å². The van der Waals surface area contributed by atoms with Crippen LogP contribution in [0.5, 0.6) is 0 Å². The van der Waals surface area contributed by atoms with Crippen molar-refractivity contribution < 1.29 is 19.4 Å². The molecule has 21 heavy (non-hydrogen) atoms. The van der Waals surface area contributed by atoms with Crippen LogP contribution in [0.25, 0.3) is 5.69 Å². The summed E-state index contributed by atoms with van der Waals surface area (Å²) in [4.78, 5) is 22.7. The Kier molecular flexibility index (Phi) is 4.37. The van der Waals surface area contributed by atoms with Crippen molar-refractivity contribution in [2.24, 2.45) is 0 Å². The Hall–Kier alpha value is -2.63. The van der Waals surface area contributed by atoms with Crippen LogP contribution in [0.15, 0.2) is 30.5 Å². The van der Waals surface area contributed by atoms with Gasteiger partial charge in [0, 0.05) is 0 Å². The number of aromatic nitrogens is 2. The highest BCUT2D eigenvalue weighted by molar-refractivity contribution is 5.90. The van der Waals surface area contributed by atoms with Crippen molar-refractivity contribution in [3.63, 3.8) is 0 Å². The maximum absolute atomic E-state index is 11.6. The highest BCUT2D eigenvalue weighted by atomic mass is 16.5. The molecule has 2 aromatic rings. The average molecular weight is 288 g/mol. The Bertz CT molecular complexity index is 659. The van der Waals surface area contributed by atoms with Gasteiger partial charge in [-0.2, -0.15) is 5.10 Å². The molecule has 0 amide bonds. The number of hydrogen-bond acceptors (Lipinski definition) is 4. The van der Waals surface area contributed by atoms with Crippen LogP contribution >= 0.6 is 0 Å². The molecule has 1 aromatic heterocycles. The summed E-state index contributed by atoms with van der Waals surface area (Å²) in [5, 5.41) is 13.2. The molecule has 0 bridgehead atoms. The van der Waals surface area contributed by atoms with Gasteiger partial charge in [0.2, 0.25) is 0 Å². The minimum absolute atomic E-state index is 0.187. The molecule has 1 aromatic carbocycles. The predicted molar refractivity (Wildman–Crippen MR) is 75.9 cm³/mol. The van der Waals surface area contributed by atoms with Gasteiger partial charge >= 0.3 is 11.9 Å². The van der Waals surface area contributed by atoms with E-state index in [0.717, 1.165) is 0 Å². The number of benzene rings is 1. The quantitative estimate of drug-likeness (QED) is 0.854. The van der Waals surface area contributed by atoms with E-state index in [9.17, 15) is 9.59 Å². The number of nitrogens with zero attached hydrogens (tertiary/aromatic N) is 2. The first-order valence-corrected chi connectivity index (χ1v) is 6.66. The second-order valence-corrected chi connectivity index (χ2v) is 4.34. The van der Waals surface area contributed by atoms with Gasteiger partial charge in [-0.05, 0) is 37.6 Å². The number of aromatic carboxylic acids is 1. The van der Waals surface area contributed by atoms with Gasteiger partial charge in [-0.25, -0.2) is 14.3 Å². The largest absolute Gasteiger partial charge is 0.478 e. The van der Waals surface area contributed by atoms with Crippen molar-refractivity contribution in [1.82, 2.24) is 9.78 Å². The van der Waals surface area contributed by atoms with E-state index in [4.69, 9.17) is 9.84 Å². The lowest BCUT2D eigenvalue weighted by Gasteiger charge is -2.08. The Morgan fingerprint density at radius 1 is 1.24 bits per heavy atom. The highest BCUT2D eigenvalue weighted by Gasteiger charge is 2.16. The normalized spacial score (nSPS) is 10.4. The van der Waals surface area contributed by atoms with E-state index in [1.54, 1.807) is 35.9 Å². The molecule has 0 saturated carbocycles. The highest BCUT2D eigenvalue weighted by Crippen LogP contribution is 2.17. The summed E-state index contributed by atoms with van der Waals surface area (Å²) in [5.41, 5.74) is 1.95. The third kappa shape index (κ3) is 2.94. The Labute approximate surface area is 122 Å². The first-order chi connectivity index (χ1) is 10.1. The summed E-state index contributed by atoms with van der Waals surface area (Å²) in [6, 6.07) is 6.69. The molecule has 0 aliphatic rings. The van der Waals surface area contributed by atoms with E-state index >= 15 is 0 Å². The van der Waals surface area contributed by atoms with E-state index in [0.29, 0.717) is 30.0 Å². The molecule has 6 heteroatoms. The number of carboxylic acid groups (broad SMARTS) is 1. The zero-order valence-corrected chi connectivity index (χ0v) is 11.9. The van der Waals surface area contributed by atoms with Crippen LogP contribution in [-0.2, 0) is 11.2 Å². The number of carbonyl (C=O) groups excluding carboxylic acids is 1. The first-order valence-electron chi connectivity index (χ1n) is 6.66. The summed E-state index contributed by atoms with van der Waals surface area (Å²) < 4.78 is 6.48. The number of ether oxygens (including phenoxy) is 1. The van der Waals surface area contributed by atoms with E-state index in [2.05, 4.69) is 5.10 Å². The molecule has 1 heterocycles. The summed E-state index contributed by atoms with van der Waals surface area (Å²) in [5.74, 6) is -1.38. The van der Waals surface area contributed by atoms with Crippen molar-refractivity contribution in [3.8, 4) is 5.69 Å². The molecule has 0 aliphatic carbocycles. The standard InChI is InChI=1S/C15H16N2O4/c1-3-13-12(14(18)19)9-16-17(13)11-7-5-10(6-8-11)15(20)21-4-2/h5-9H,3-4H2,1-2H3,(H,18,19). The summed E-state index contributed by atoms with van der Waals surface area (Å²) in [6.45, 7) is 3.94. The topological polar surface area (TPSA) is 81.4 Å². The fourth-order valence-corrected chi connectivity index (χ4v) is 2.07. The fourth-order valence-electron chi connectivity index (χ4n) is 2.07. The van der Waals surface area contributed by atoms with Gasteiger partial charge in [0.15, 0.2) is 0 Å². The third-order valence-electron chi connectivity index (χ3n) is 3.06. The number of carbonyl (C=O) groups is 2. The van der Waals surface area contributed by atoms with E-state index < -0.39 is 5.97 Å². The molecule has 0 spiro atoms. The van der Waals surface area contributed by atoms with Crippen LogP contribution in [0.1, 0.15) is 40.3 Å². The van der Waals surface area contributed by atoms with Gasteiger partial charge in [0.05, 0.1) is 29.7 Å². The monoisotopic (exact) mass is 288 g/mol. The lowest BCUT2D eigenvalue weighted by Crippen LogP contribution is -2.07. The Morgan fingerprint density at radius 2 is 1.90 bits per heavy atom. The van der Waals surface area contributed by atoms with Crippen LogP contribution in [0.4, 0.5) is 0 Å². The molecule has 0 aliphatic heterocycles. The number of carboxylic acids is 1. The summed E-state index contributed by atoms with van der Waals surface area (Å²) in [7, 11) is 0. The minimum atomic E-state index is -0.999. The maximum Gasteiger partial charge on any atom is 0.339 e. The molecule has 6 nitrogen and oxygen atoms in total. The summed E-state index contributed by atoms with van der Waals surface area (Å²) in [6.07, 6.45) is 1.88. The van der Waals surface area contributed by atoms with Gasteiger partial charge in [-0.3, -0.25) is 0 Å². The molecule has 0 radical (unpaired) electrons. The van der Waals surface area contributed by atoms with Gasteiger partial charge in [0.1, 0.15) is 5.56 Å². The Morgan fingerprint density at radius 3 is 2.43 bits per heavy atom. The minimum Gasteiger partial charge on any atom is -0.478 e. The van der Waals surface area contributed by atoms with Gasteiger partial charge in [-0.15, -0.1) is 0 Å². The van der Waals surface area contributed by atoms with Crippen molar-refractivity contribution in [1.29, 1.82) is 0 Å². The lowest BCUT2D eigenvalue weighted by molar-refractivity contribution is 0.0526. The van der Waals surface area contributed by atoms with Gasteiger partial charge in [-0.1, -0.05) is 6.92 Å². The summed E-state index contributed by atoms with van der Waals surface area (Å²) >= 11 is 0. The predicted octanol–water partition coefficient (Wildman–Crippen LogP) is 2.31.